The molecule has 0 unspecified atom stereocenters. The molecule has 6 N–H and O–H groups in total. The molecule has 1 aliphatic rings. The van der Waals surface area contributed by atoms with Gasteiger partial charge in [0.05, 0.1) is 24.2 Å². The second kappa shape index (κ2) is 10.8. The second-order valence-electron chi connectivity index (χ2n) is 10.0. The Hall–Kier alpha value is -5.14. The van der Waals surface area contributed by atoms with Gasteiger partial charge in [-0.15, -0.1) is 0 Å². The highest BCUT2D eigenvalue weighted by molar-refractivity contribution is 6.00. The SMILES string of the molecule is CC(=O)Nc1nc2cc(C(N)=O)cc3c2n1CCCn1c(NC(C)=O)nc2cc(C(N)=O)cc(c21)OCC(C)CO3. The summed E-state index contributed by atoms with van der Waals surface area (Å²) in [5.74, 6) is -0.752. The van der Waals surface area contributed by atoms with Gasteiger partial charge < -0.3 is 30.1 Å². The molecular formula is C27H30N8O6. The highest BCUT2D eigenvalue weighted by Crippen LogP contribution is 2.34. The molecule has 14 heteroatoms. The summed E-state index contributed by atoms with van der Waals surface area (Å²) in [5.41, 5.74) is 13.6. The fourth-order valence-corrected chi connectivity index (χ4v) is 4.80. The number of nitrogens with one attached hydrogen (secondary N) is 2. The van der Waals surface area contributed by atoms with Crippen molar-refractivity contribution >= 4 is 57.6 Å². The van der Waals surface area contributed by atoms with Crippen LogP contribution in [-0.2, 0) is 22.7 Å². The van der Waals surface area contributed by atoms with Crippen molar-refractivity contribution < 1.29 is 28.7 Å². The number of nitrogens with zero attached hydrogens (tertiary/aromatic N) is 4. The zero-order valence-electron chi connectivity index (χ0n) is 22.8. The minimum absolute atomic E-state index is 0.158. The Morgan fingerprint density at radius 2 is 1.20 bits per heavy atom. The molecule has 5 rings (SSSR count). The van der Waals surface area contributed by atoms with E-state index in [0.29, 0.717) is 53.1 Å². The summed E-state index contributed by atoms with van der Waals surface area (Å²) >= 11 is 0. The lowest BCUT2D eigenvalue weighted by Crippen LogP contribution is -2.19. The van der Waals surface area contributed by atoms with E-state index >= 15 is 0 Å². The first kappa shape index (κ1) is 27.4. The average molecular weight is 563 g/mol. The number of amides is 4. The summed E-state index contributed by atoms with van der Waals surface area (Å²) in [6.45, 7) is 5.80. The maximum atomic E-state index is 12.1. The summed E-state index contributed by atoms with van der Waals surface area (Å²) in [5, 5.41) is 5.51. The van der Waals surface area contributed by atoms with Crippen LogP contribution >= 0.6 is 0 Å². The minimum Gasteiger partial charge on any atom is -0.491 e. The van der Waals surface area contributed by atoms with Crippen molar-refractivity contribution in [3.05, 3.63) is 35.4 Å². The van der Waals surface area contributed by atoms with E-state index in [2.05, 4.69) is 20.6 Å². The van der Waals surface area contributed by atoms with E-state index in [1.165, 1.54) is 13.8 Å². The van der Waals surface area contributed by atoms with Crippen LogP contribution in [0.3, 0.4) is 0 Å². The monoisotopic (exact) mass is 562 g/mol. The third-order valence-corrected chi connectivity index (χ3v) is 6.57. The van der Waals surface area contributed by atoms with Crippen LogP contribution in [0.1, 0.15) is 47.9 Å². The third kappa shape index (κ3) is 5.48. The molecule has 0 spiro atoms. The number of aryl methyl sites for hydroxylation is 2. The van der Waals surface area contributed by atoms with Crippen molar-refractivity contribution in [2.24, 2.45) is 17.4 Å². The first-order valence-corrected chi connectivity index (χ1v) is 13.0. The van der Waals surface area contributed by atoms with Gasteiger partial charge in [-0.2, -0.15) is 0 Å². The Labute approximate surface area is 234 Å². The molecule has 0 bridgehead atoms. The summed E-state index contributed by atoms with van der Waals surface area (Å²) in [6, 6.07) is 6.23. The van der Waals surface area contributed by atoms with Gasteiger partial charge in [-0.1, -0.05) is 6.92 Å². The van der Waals surface area contributed by atoms with Gasteiger partial charge >= 0.3 is 0 Å². The summed E-state index contributed by atoms with van der Waals surface area (Å²) in [4.78, 5) is 57.3. The van der Waals surface area contributed by atoms with Crippen LogP contribution in [0.25, 0.3) is 22.1 Å². The van der Waals surface area contributed by atoms with Crippen molar-refractivity contribution in [1.29, 1.82) is 0 Å². The molecule has 3 heterocycles. The van der Waals surface area contributed by atoms with Gasteiger partial charge in [0.25, 0.3) is 0 Å². The number of carbonyl (C=O) groups is 4. The molecule has 41 heavy (non-hydrogen) atoms. The van der Waals surface area contributed by atoms with Crippen LogP contribution in [-0.4, -0.2) is 55.9 Å². The number of hydrogen-bond donors (Lipinski definition) is 4. The van der Waals surface area contributed by atoms with Gasteiger partial charge in [0.1, 0.15) is 22.5 Å². The fourth-order valence-electron chi connectivity index (χ4n) is 4.80. The molecular weight excluding hydrogens is 532 g/mol. The van der Waals surface area contributed by atoms with Crippen LogP contribution in [0.2, 0.25) is 0 Å². The largest absolute Gasteiger partial charge is 0.491 e. The molecule has 214 valence electrons. The van der Waals surface area contributed by atoms with E-state index in [1.807, 2.05) is 16.1 Å². The number of aromatic nitrogens is 4. The van der Waals surface area contributed by atoms with Gasteiger partial charge in [0, 0.05) is 44.0 Å². The number of carbonyl (C=O) groups excluding carboxylic acids is 4. The molecule has 4 aromatic rings. The fraction of sp³-hybridized carbons (Fsp3) is 0.333. The molecule has 0 fully saturated rings. The summed E-state index contributed by atoms with van der Waals surface area (Å²) in [7, 11) is 0. The number of anilines is 2. The smallest absolute Gasteiger partial charge is 0.248 e. The van der Waals surface area contributed by atoms with Crippen molar-refractivity contribution in [2.75, 3.05) is 23.8 Å². The first-order chi connectivity index (χ1) is 19.5. The number of primary amides is 2. The molecule has 0 atom stereocenters. The molecule has 2 aromatic carbocycles. The Bertz CT molecular complexity index is 1600. The molecule has 0 saturated carbocycles. The lowest BCUT2D eigenvalue weighted by Gasteiger charge is -2.19. The second-order valence-corrected chi connectivity index (χ2v) is 10.0. The van der Waals surface area contributed by atoms with Crippen molar-refractivity contribution in [1.82, 2.24) is 19.1 Å². The maximum absolute atomic E-state index is 12.1. The zero-order valence-corrected chi connectivity index (χ0v) is 22.8. The Balaban J connectivity index is 1.67. The molecule has 14 nitrogen and oxygen atoms in total. The number of ether oxygens (including phenoxy) is 2. The number of hydrogen-bond acceptors (Lipinski definition) is 8. The topological polar surface area (TPSA) is 198 Å². The maximum Gasteiger partial charge on any atom is 0.248 e. The molecule has 2 aromatic heterocycles. The molecule has 0 aliphatic carbocycles. The van der Waals surface area contributed by atoms with Crippen LogP contribution in [0.4, 0.5) is 11.9 Å². The van der Waals surface area contributed by atoms with Crippen LogP contribution in [0, 0.1) is 5.92 Å². The Morgan fingerprint density at radius 1 is 0.780 bits per heavy atom. The van der Waals surface area contributed by atoms with Gasteiger partial charge in [-0.3, -0.25) is 29.8 Å². The number of rotatable bonds is 4. The van der Waals surface area contributed by atoms with Crippen LogP contribution in [0.15, 0.2) is 24.3 Å². The van der Waals surface area contributed by atoms with Crippen LogP contribution < -0.4 is 31.6 Å². The van der Waals surface area contributed by atoms with E-state index in [1.54, 1.807) is 24.3 Å². The minimum atomic E-state index is -0.644. The van der Waals surface area contributed by atoms with Gasteiger partial charge in [-0.25, -0.2) is 9.97 Å². The number of benzene rings is 2. The normalized spacial score (nSPS) is 14.1. The zero-order chi connectivity index (χ0) is 29.4. The van der Waals surface area contributed by atoms with Crippen molar-refractivity contribution in [3.8, 4) is 11.5 Å². The van der Waals surface area contributed by atoms with Crippen molar-refractivity contribution in [2.45, 2.75) is 40.3 Å². The number of nitrogens with two attached hydrogens (primary N) is 2. The Kier molecular flexibility index (Phi) is 7.22. The summed E-state index contributed by atoms with van der Waals surface area (Å²) in [6.07, 6.45) is 0.487. The lowest BCUT2D eigenvalue weighted by atomic mass is 10.1. The lowest BCUT2D eigenvalue weighted by molar-refractivity contribution is -0.115. The van der Waals surface area contributed by atoms with E-state index in [9.17, 15) is 19.2 Å². The highest BCUT2D eigenvalue weighted by Gasteiger charge is 2.23. The predicted molar refractivity (Wildman–Crippen MR) is 150 cm³/mol. The van der Waals surface area contributed by atoms with Gasteiger partial charge in [0.2, 0.25) is 35.5 Å². The third-order valence-electron chi connectivity index (χ3n) is 6.57. The van der Waals surface area contributed by atoms with E-state index in [-0.39, 0.29) is 54.0 Å². The summed E-state index contributed by atoms with van der Waals surface area (Å²) < 4.78 is 16.0. The molecule has 0 radical (unpaired) electrons. The van der Waals surface area contributed by atoms with Gasteiger partial charge in [-0.05, 0) is 30.7 Å². The van der Waals surface area contributed by atoms with Crippen LogP contribution in [0.5, 0.6) is 11.5 Å². The van der Waals surface area contributed by atoms with Crippen molar-refractivity contribution in [3.63, 3.8) is 0 Å². The van der Waals surface area contributed by atoms with E-state index < -0.39 is 11.8 Å². The Morgan fingerprint density at radius 3 is 1.56 bits per heavy atom. The quantitative estimate of drug-likeness (QED) is 0.289. The van der Waals surface area contributed by atoms with Gasteiger partial charge in [0.15, 0.2) is 0 Å². The predicted octanol–water partition coefficient (Wildman–Crippen LogP) is 2.00. The number of imidazole rings is 2. The molecule has 0 saturated heterocycles. The standard InChI is InChI=1S/C27H30N8O6/c1-13-11-40-20-9-16(24(28)38)7-18-22(20)34(26(32-18)30-14(2)36)5-4-6-35-23-19(33-27(35)31-15(3)37)8-17(25(29)39)10-21(23)41-12-13/h7-10,13H,4-6,11-12H2,1-3H3,(H2,28,38)(H2,29,39)(H,30,32,36)(H,31,33,37). The first-order valence-electron chi connectivity index (χ1n) is 13.0. The highest BCUT2D eigenvalue weighted by atomic mass is 16.5. The van der Waals surface area contributed by atoms with E-state index in [0.717, 1.165) is 0 Å². The molecule has 4 amide bonds. The van der Waals surface area contributed by atoms with E-state index in [4.69, 9.17) is 20.9 Å². The molecule has 1 aliphatic heterocycles. The average Bonchev–Trinajstić information content (AvgIpc) is 3.41.